The van der Waals surface area contributed by atoms with E-state index in [9.17, 15) is 9.59 Å². The van der Waals surface area contributed by atoms with E-state index in [1.807, 2.05) is 97.1 Å². The number of nitrogens with one attached hydrogen (secondary N) is 2. The van der Waals surface area contributed by atoms with Crippen LogP contribution >= 0.6 is 0 Å². The zero-order valence-electron chi connectivity index (χ0n) is 20.8. The summed E-state index contributed by atoms with van der Waals surface area (Å²) in [5.41, 5.74) is 5.86. The second kappa shape index (κ2) is 11.6. The minimum atomic E-state index is -0.207. The van der Waals surface area contributed by atoms with Gasteiger partial charge in [-0.2, -0.15) is 0 Å². The molecule has 37 heavy (non-hydrogen) atoms. The topological polar surface area (TPSA) is 61.4 Å². The second-order valence-corrected chi connectivity index (χ2v) is 9.35. The van der Waals surface area contributed by atoms with Crippen LogP contribution in [0.1, 0.15) is 45.5 Å². The van der Waals surface area contributed by atoms with E-state index >= 15 is 0 Å². The van der Waals surface area contributed by atoms with Crippen LogP contribution in [-0.2, 0) is 6.54 Å². The van der Waals surface area contributed by atoms with Gasteiger partial charge in [0.15, 0.2) is 0 Å². The maximum Gasteiger partial charge on any atom is 0.255 e. The zero-order chi connectivity index (χ0) is 25.5. The van der Waals surface area contributed by atoms with Crippen LogP contribution in [0.4, 0.5) is 11.4 Å². The van der Waals surface area contributed by atoms with Gasteiger partial charge in [0, 0.05) is 36.6 Å². The van der Waals surface area contributed by atoms with Crippen LogP contribution in [0.25, 0.3) is 11.1 Å². The van der Waals surface area contributed by atoms with Crippen molar-refractivity contribution in [1.82, 2.24) is 5.32 Å². The number of carbonyl (C=O) groups excluding carboxylic acids is 2. The molecule has 0 atom stereocenters. The number of rotatable bonds is 7. The molecule has 5 heteroatoms. The van der Waals surface area contributed by atoms with Gasteiger partial charge in [-0.25, -0.2) is 0 Å². The molecular formula is C32H31N3O2. The molecule has 5 nitrogen and oxygen atoms in total. The SMILES string of the molecule is O=C(Nc1ccc(N2CCCCC2)c(C(=O)NCc2ccccc2)c1)c1ccc(-c2ccccc2)cc1. The average molecular weight is 490 g/mol. The summed E-state index contributed by atoms with van der Waals surface area (Å²) in [5.74, 6) is -0.353. The summed E-state index contributed by atoms with van der Waals surface area (Å²) in [6.45, 7) is 2.31. The molecule has 5 rings (SSSR count). The molecule has 0 radical (unpaired) electrons. The van der Waals surface area contributed by atoms with Gasteiger partial charge in [-0.1, -0.05) is 72.8 Å². The fourth-order valence-electron chi connectivity index (χ4n) is 4.73. The lowest BCUT2D eigenvalue weighted by molar-refractivity contribution is 0.0950. The highest BCUT2D eigenvalue weighted by atomic mass is 16.2. The van der Waals surface area contributed by atoms with Crippen molar-refractivity contribution < 1.29 is 9.59 Å². The van der Waals surface area contributed by atoms with Crippen LogP contribution < -0.4 is 15.5 Å². The zero-order valence-corrected chi connectivity index (χ0v) is 20.8. The predicted octanol–water partition coefficient (Wildman–Crippen LogP) is 6.53. The van der Waals surface area contributed by atoms with Crippen LogP contribution in [0.15, 0.2) is 103 Å². The highest BCUT2D eigenvalue weighted by Gasteiger charge is 2.20. The minimum absolute atomic E-state index is 0.146. The monoisotopic (exact) mass is 489 g/mol. The molecule has 1 aliphatic heterocycles. The van der Waals surface area contributed by atoms with E-state index in [2.05, 4.69) is 15.5 Å². The predicted molar refractivity (Wildman–Crippen MR) is 150 cm³/mol. The van der Waals surface area contributed by atoms with Crippen molar-refractivity contribution in [3.05, 3.63) is 120 Å². The van der Waals surface area contributed by atoms with Crippen molar-refractivity contribution in [3.8, 4) is 11.1 Å². The van der Waals surface area contributed by atoms with Gasteiger partial charge in [-0.05, 0) is 66.3 Å². The molecular weight excluding hydrogens is 458 g/mol. The third-order valence-electron chi connectivity index (χ3n) is 6.75. The molecule has 1 heterocycles. The van der Waals surface area contributed by atoms with Gasteiger partial charge >= 0.3 is 0 Å². The lowest BCUT2D eigenvalue weighted by Crippen LogP contribution is -2.32. The maximum atomic E-state index is 13.3. The summed E-state index contributed by atoms with van der Waals surface area (Å²) in [7, 11) is 0. The van der Waals surface area contributed by atoms with Gasteiger partial charge in [-0.15, -0.1) is 0 Å². The van der Waals surface area contributed by atoms with Gasteiger partial charge in [0.25, 0.3) is 11.8 Å². The standard InChI is InChI=1S/C32H31N3O2/c36-31(27-16-14-26(15-17-27)25-12-6-2-7-13-25)34-28-18-19-30(35-20-8-3-9-21-35)29(22-28)32(37)33-23-24-10-4-1-5-11-24/h1-2,4-7,10-19,22H,3,8-9,20-21,23H2,(H,33,37)(H,34,36). The molecule has 1 aliphatic rings. The van der Waals surface area contributed by atoms with E-state index in [-0.39, 0.29) is 11.8 Å². The Hall–Kier alpha value is -4.38. The van der Waals surface area contributed by atoms with Crippen LogP contribution in [0, 0.1) is 0 Å². The Kier molecular flexibility index (Phi) is 7.60. The van der Waals surface area contributed by atoms with Gasteiger partial charge < -0.3 is 15.5 Å². The largest absolute Gasteiger partial charge is 0.371 e. The Balaban J connectivity index is 1.34. The molecule has 0 saturated carbocycles. The first-order valence-electron chi connectivity index (χ1n) is 12.9. The van der Waals surface area contributed by atoms with Crippen LogP contribution in [0.3, 0.4) is 0 Å². The highest BCUT2D eigenvalue weighted by Crippen LogP contribution is 2.28. The van der Waals surface area contributed by atoms with Gasteiger partial charge in [0.2, 0.25) is 0 Å². The van der Waals surface area contributed by atoms with Crippen molar-refractivity contribution in [2.24, 2.45) is 0 Å². The molecule has 186 valence electrons. The number of hydrogen-bond acceptors (Lipinski definition) is 3. The summed E-state index contributed by atoms with van der Waals surface area (Å²) in [4.78, 5) is 28.6. The number of nitrogens with zero attached hydrogens (tertiary/aromatic N) is 1. The Labute approximate surface area is 218 Å². The van der Waals surface area contributed by atoms with Gasteiger partial charge in [0.05, 0.1) is 5.56 Å². The molecule has 0 aromatic heterocycles. The number of amides is 2. The number of anilines is 2. The number of hydrogen-bond donors (Lipinski definition) is 2. The molecule has 1 fully saturated rings. The summed E-state index contributed by atoms with van der Waals surface area (Å²) < 4.78 is 0. The highest BCUT2D eigenvalue weighted by molar-refractivity contribution is 6.06. The molecule has 0 bridgehead atoms. The van der Waals surface area contributed by atoms with E-state index in [1.165, 1.54) is 6.42 Å². The average Bonchev–Trinajstić information content (AvgIpc) is 2.97. The number of carbonyl (C=O) groups is 2. The molecule has 0 spiro atoms. The second-order valence-electron chi connectivity index (χ2n) is 9.35. The van der Waals surface area contributed by atoms with Crippen molar-refractivity contribution >= 4 is 23.2 Å². The Bertz CT molecular complexity index is 1350. The van der Waals surface area contributed by atoms with Gasteiger partial charge in [-0.3, -0.25) is 9.59 Å². The lowest BCUT2D eigenvalue weighted by Gasteiger charge is -2.30. The Morgan fingerprint density at radius 3 is 2.03 bits per heavy atom. The Morgan fingerprint density at radius 2 is 1.32 bits per heavy atom. The summed E-state index contributed by atoms with van der Waals surface area (Å²) >= 11 is 0. The van der Waals surface area contributed by atoms with Crippen LogP contribution in [0.5, 0.6) is 0 Å². The summed E-state index contributed by atoms with van der Waals surface area (Å²) in [6, 6.07) is 33.1. The van der Waals surface area contributed by atoms with Gasteiger partial charge in [0.1, 0.15) is 0 Å². The van der Waals surface area contributed by atoms with Crippen LogP contribution in [0.2, 0.25) is 0 Å². The third-order valence-corrected chi connectivity index (χ3v) is 6.75. The lowest BCUT2D eigenvalue weighted by atomic mass is 10.0. The van der Waals surface area contributed by atoms with Crippen LogP contribution in [-0.4, -0.2) is 24.9 Å². The number of benzene rings is 4. The molecule has 4 aromatic carbocycles. The molecule has 2 N–H and O–H groups in total. The fraction of sp³-hybridized carbons (Fsp3) is 0.188. The molecule has 0 unspecified atom stereocenters. The molecule has 2 amide bonds. The normalized spacial score (nSPS) is 13.1. The smallest absolute Gasteiger partial charge is 0.255 e. The summed E-state index contributed by atoms with van der Waals surface area (Å²) in [5, 5.41) is 6.03. The van der Waals surface area contributed by atoms with E-state index in [0.29, 0.717) is 23.4 Å². The molecule has 4 aromatic rings. The Morgan fingerprint density at radius 1 is 0.676 bits per heavy atom. The van der Waals surface area contributed by atoms with E-state index < -0.39 is 0 Å². The quantitative estimate of drug-likeness (QED) is 0.310. The fourth-order valence-corrected chi connectivity index (χ4v) is 4.73. The van der Waals surface area contributed by atoms with Crippen molar-refractivity contribution in [2.45, 2.75) is 25.8 Å². The summed E-state index contributed by atoms with van der Waals surface area (Å²) in [6.07, 6.45) is 3.44. The van der Waals surface area contributed by atoms with E-state index in [4.69, 9.17) is 0 Å². The van der Waals surface area contributed by atoms with Crippen molar-refractivity contribution in [1.29, 1.82) is 0 Å². The molecule has 1 saturated heterocycles. The van der Waals surface area contributed by atoms with E-state index in [0.717, 1.165) is 48.3 Å². The first kappa shape index (κ1) is 24.3. The first-order chi connectivity index (χ1) is 18.2. The maximum absolute atomic E-state index is 13.3. The van der Waals surface area contributed by atoms with E-state index in [1.54, 1.807) is 6.07 Å². The van der Waals surface area contributed by atoms with Crippen molar-refractivity contribution in [3.63, 3.8) is 0 Å². The van der Waals surface area contributed by atoms with Crippen molar-refractivity contribution in [2.75, 3.05) is 23.3 Å². The third kappa shape index (κ3) is 6.07. The minimum Gasteiger partial charge on any atom is -0.371 e. The first-order valence-corrected chi connectivity index (χ1v) is 12.9. The molecule has 0 aliphatic carbocycles. The number of piperidine rings is 1.